The molecule has 0 aliphatic heterocycles. The number of para-hydroxylation sites is 1. The molecule has 0 aliphatic carbocycles. The Morgan fingerprint density at radius 2 is 2.08 bits per heavy atom. The number of aryl methyl sites for hydroxylation is 2. The van der Waals surface area contributed by atoms with Crippen LogP contribution in [0.4, 0.5) is 11.6 Å². The average Bonchev–Trinajstić information content (AvgIpc) is 2.95. The van der Waals surface area contributed by atoms with Crippen molar-refractivity contribution in [1.82, 2.24) is 15.0 Å². The molecule has 0 unspecified atom stereocenters. The number of nitrogens with one attached hydrogen (secondary N) is 1. The van der Waals surface area contributed by atoms with E-state index in [4.69, 9.17) is 16.3 Å². The molecule has 0 spiro atoms. The fourth-order valence-electron chi connectivity index (χ4n) is 2.46. The van der Waals surface area contributed by atoms with Crippen LogP contribution in [0, 0.1) is 13.8 Å². The van der Waals surface area contributed by atoms with Crippen LogP contribution in [0.2, 0.25) is 5.02 Å². The van der Waals surface area contributed by atoms with Crippen molar-refractivity contribution in [1.29, 1.82) is 0 Å². The SMILES string of the molecule is CCOC(=O)c1cccc(Cl)c1Nc1nccc(-c2sc(C)nc2C)n1. The fraction of sp³-hybridized carbons (Fsp3) is 0.222. The van der Waals surface area contributed by atoms with E-state index >= 15 is 0 Å². The molecule has 0 atom stereocenters. The predicted molar refractivity (Wildman–Crippen MR) is 103 cm³/mol. The van der Waals surface area contributed by atoms with Crippen LogP contribution in [0.1, 0.15) is 28.0 Å². The van der Waals surface area contributed by atoms with Gasteiger partial charge in [-0.25, -0.2) is 19.7 Å². The van der Waals surface area contributed by atoms with Crippen LogP contribution in [0.25, 0.3) is 10.6 Å². The highest BCUT2D eigenvalue weighted by Crippen LogP contribution is 2.31. The zero-order valence-electron chi connectivity index (χ0n) is 14.5. The molecule has 26 heavy (non-hydrogen) atoms. The standard InChI is InChI=1S/C18H17ClN4O2S/c1-4-25-17(24)12-6-5-7-13(19)15(12)23-18-20-9-8-14(22-18)16-10(2)21-11(3)26-16/h5-9H,4H2,1-3H3,(H,20,22,23). The molecule has 3 aromatic rings. The molecule has 134 valence electrons. The summed E-state index contributed by atoms with van der Waals surface area (Å²) in [4.78, 5) is 26.4. The van der Waals surface area contributed by atoms with Gasteiger partial charge in [0, 0.05) is 6.20 Å². The summed E-state index contributed by atoms with van der Waals surface area (Å²) in [6, 6.07) is 6.85. The third kappa shape index (κ3) is 3.84. The van der Waals surface area contributed by atoms with Gasteiger partial charge in [0.1, 0.15) is 0 Å². The number of anilines is 2. The molecule has 3 rings (SSSR count). The number of nitrogens with zero attached hydrogens (tertiary/aromatic N) is 3. The van der Waals surface area contributed by atoms with E-state index in [0.29, 0.717) is 22.2 Å². The maximum atomic E-state index is 12.2. The molecule has 0 fully saturated rings. The summed E-state index contributed by atoms with van der Waals surface area (Å²) in [5, 5.41) is 4.40. The second-order valence-electron chi connectivity index (χ2n) is 5.42. The minimum absolute atomic E-state index is 0.279. The summed E-state index contributed by atoms with van der Waals surface area (Å²) in [5.41, 5.74) is 2.43. The highest BCUT2D eigenvalue weighted by Gasteiger charge is 2.17. The van der Waals surface area contributed by atoms with Crippen molar-refractivity contribution in [3.8, 4) is 10.6 Å². The summed E-state index contributed by atoms with van der Waals surface area (Å²) >= 11 is 7.85. The van der Waals surface area contributed by atoms with E-state index in [-0.39, 0.29) is 6.61 Å². The normalized spacial score (nSPS) is 10.6. The van der Waals surface area contributed by atoms with Crippen LogP contribution in [0.5, 0.6) is 0 Å². The molecule has 1 N–H and O–H groups in total. The lowest BCUT2D eigenvalue weighted by Crippen LogP contribution is -2.09. The van der Waals surface area contributed by atoms with Crippen LogP contribution in [-0.2, 0) is 4.74 Å². The van der Waals surface area contributed by atoms with Crippen molar-refractivity contribution in [3.63, 3.8) is 0 Å². The summed E-state index contributed by atoms with van der Waals surface area (Å²) < 4.78 is 5.09. The first-order valence-electron chi connectivity index (χ1n) is 7.99. The van der Waals surface area contributed by atoms with E-state index in [1.54, 1.807) is 42.7 Å². The highest BCUT2D eigenvalue weighted by atomic mass is 35.5. The van der Waals surface area contributed by atoms with Gasteiger partial charge in [0.25, 0.3) is 0 Å². The van der Waals surface area contributed by atoms with Crippen LogP contribution in [0.3, 0.4) is 0 Å². The number of halogens is 1. The zero-order valence-corrected chi connectivity index (χ0v) is 16.1. The number of thiazole rings is 1. The first-order chi connectivity index (χ1) is 12.5. The lowest BCUT2D eigenvalue weighted by Gasteiger charge is -2.12. The number of carbonyl (C=O) groups excluding carboxylic acids is 1. The van der Waals surface area contributed by atoms with Gasteiger partial charge in [0.2, 0.25) is 5.95 Å². The summed E-state index contributed by atoms with van der Waals surface area (Å²) in [5.74, 6) is -0.116. The number of aromatic nitrogens is 3. The Kier molecular flexibility index (Phi) is 5.49. The predicted octanol–water partition coefficient (Wildman–Crippen LogP) is 4.79. The summed E-state index contributed by atoms with van der Waals surface area (Å²) in [6.07, 6.45) is 1.65. The Balaban J connectivity index is 1.97. The van der Waals surface area contributed by atoms with Crippen LogP contribution in [0.15, 0.2) is 30.5 Å². The second-order valence-corrected chi connectivity index (χ2v) is 7.03. The fourth-order valence-corrected chi connectivity index (χ4v) is 3.57. The van der Waals surface area contributed by atoms with Gasteiger partial charge in [-0.3, -0.25) is 0 Å². The van der Waals surface area contributed by atoms with E-state index in [1.807, 2.05) is 19.9 Å². The number of hydrogen-bond acceptors (Lipinski definition) is 7. The first kappa shape index (κ1) is 18.3. The molecule has 0 saturated heterocycles. The maximum Gasteiger partial charge on any atom is 0.340 e. The molecule has 0 bridgehead atoms. The van der Waals surface area contributed by atoms with Crippen molar-refractivity contribution >= 4 is 40.5 Å². The van der Waals surface area contributed by atoms with Crippen LogP contribution < -0.4 is 5.32 Å². The number of ether oxygens (including phenoxy) is 1. The molecule has 2 aromatic heterocycles. The third-order valence-corrected chi connectivity index (χ3v) is 4.95. The van der Waals surface area contributed by atoms with E-state index < -0.39 is 5.97 Å². The quantitative estimate of drug-likeness (QED) is 0.633. The molecule has 8 heteroatoms. The van der Waals surface area contributed by atoms with Gasteiger partial charge in [-0.1, -0.05) is 17.7 Å². The molecular formula is C18H17ClN4O2S. The van der Waals surface area contributed by atoms with Gasteiger partial charge in [-0.2, -0.15) is 0 Å². The van der Waals surface area contributed by atoms with Crippen molar-refractivity contribution in [2.75, 3.05) is 11.9 Å². The molecule has 6 nitrogen and oxygen atoms in total. The molecule has 1 aromatic carbocycles. The van der Waals surface area contributed by atoms with Gasteiger partial charge < -0.3 is 10.1 Å². The monoisotopic (exact) mass is 388 g/mol. The van der Waals surface area contributed by atoms with E-state index in [1.165, 1.54) is 0 Å². The second kappa shape index (κ2) is 7.80. The Hall–Kier alpha value is -2.51. The zero-order chi connectivity index (χ0) is 18.7. The summed E-state index contributed by atoms with van der Waals surface area (Å²) in [6.45, 7) is 5.93. The minimum atomic E-state index is -0.456. The molecular weight excluding hydrogens is 372 g/mol. The van der Waals surface area contributed by atoms with Gasteiger partial charge in [0.05, 0.1) is 44.2 Å². The molecule has 2 heterocycles. The van der Waals surface area contributed by atoms with Gasteiger partial charge >= 0.3 is 5.97 Å². The molecule has 0 saturated carbocycles. The van der Waals surface area contributed by atoms with Crippen LogP contribution in [-0.4, -0.2) is 27.5 Å². The van der Waals surface area contributed by atoms with Crippen molar-refractivity contribution in [3.05, 3.63) is 51.7 Å². The largest absolute Gasteiger partial charge is 0.462 e. The Morgan fingerprint density at radius 3 is 2.77 bits per heavy atom. The van der Waals surface area contributed by atoms with Crippen molar-refractivity contribution in [2.45, 2.75) is 20.8 Å². The Labute approximate surface area is 160 Å². The minimum Gasteiger partial charge on any atom is -0.462 e. The average molecular weight is 389 g/mol. The van der Waals surface area contributed by atoms with E-state index in [9.17, 15) is 4.79 Å². The highest BCUT2D eigenvalue weighted by molar-refractivity contribution is 7.15. The number of hydrogen-bond donors (Lipinski definition) is 1. The van der Waals surface area contributed by atoms with E-state index in [2.05, 4.69) is 20.3 Å². The lowest BCUT2D eigenvalue weighted by atomic mass is 10.2. The lowest BCUT2D eigenvalue weighted by molar-refractivity contribution is 0.0527. The molecule has 0 aliphatic rings. The van der Waals surface area contributed by atoms with Crippen molar-refractivity contribution in [2.24, 2.45) is 0 Å². The summed E-state index contributed by atoms with van der Waals surface area (Å²) in [7, 11) is 0. The number of rotatable bonds is 5. The van der Waals surface area contributed by atoms with Crippen molar-refractivity contribution < 1.29 is 9.53 Å². The Morgan fingerprint density at radius 1 is 1.27 bits per heavy atom. The molecule has 0 radical (unpaired) electrons. The number of esters is 1. The van der Waals surface area contributed by atoms with E-state index in [0.717, 1.165) is 21.3 Å². The van der Waals surface area contributed by atoms with Gasteiger partial charge in [0.15, 0.2) is 0 Å². The first-order valence-corrected chi connectivity index (χ1v) is 9.19. The topological polar surface area (TPSA) is 77.0 Å². The number of carbonyl (C=O) groups is 1. The van der Waals surface area contributed by atoms with Crippen LogP contribution >= 0.6 is 22.9 Å². The van der Waals surface area contributed by atoms with Gasteiger partial charge in [-0.15, -0.1) is 11.3 Å². The van der Waals surface area contributed by atoms with Gasteiger partial charge in [-0.05, 0) is 39.0 Å². The maximum absolute atomic E-state index is 12.2. The third-order valence-electron chi connectivity index (χ3n) is 3.54. The molecule has 0 amide bonds. The Bertz CT molecular complexity index is 958. The smallest absolute Gasteiger partial charge is 0.340 e. The number of benzene rings is 1.